The largest absolute Gasteiger partial charge is 0.453 e. The van der Waals surface area contributed by atoms with Crippen molar-refractivity contribution in [2.45, 2.75) is 46.0 Å². The van der Waals surface area contributed by atoms with Crippen LogP contribution >= 0.6 is 0 Å². The molecule has 0 atom stereocenters. The lowest BCUT2D eigenvalue weighted by Gasteiger charge is -2.09. The molecule has 0 radical (unpaired) electrons. The van der Waals surface area contributed by atoms with Crippen molar-refractivity contribution in [1.29, 1.82) is 0 Å². The van der Waals surface area contributed by atoms with E-state index in [1.807, 2.05) is 0 Å². The first kappa shape index (κ1) is 22.1. The molecule has 0 aliphatic heterocycles. The Morgan fingerprint density at radius 2 is 1.47 bits per heavy atom. The number of hydrogen-bond donors (Lipinski definition) is 0. The van der Waals surface area contributed by atoms with Gasteiger partial charge in [0.05, 0.1) is 0 Å². The molecule has 0 spiro atoms. The van der Waals surface area contributed by atoms with Crippen LogP contribution in [0.3, 0.4) is 0 Å². The van der Waals surface area contributed by atoms with Crippen molar-refractivity contribution in [3.05, 3.63) is 77.7 Å². The Morgan fingerprint density at radius 3 is 2.06 bits per heavy atom. The van der Waals surface area contributed by atoms with Gasteiger partial charge in [-0.15, -0.1) is 5.10 Å². The van der Waals surface area contributed by atoms with E-state index in [9.17, 15) is 13.2 Å². The van der Waals surface area contributed by atoms with E-state index in [2.05, 4.69) is 69.9 Å². The Balaban J connectivity index is 1.39. The zero-order chi connectivity index (χ0) is 23.9. The third-order valence-electron chi connectivity index (χ3n) is 6.00. The number of benzene rings is 2. The predicted molar refractivity (Wildman–Crippen MR) is 126 cm³/mol. The number of halogens is 3. The molecular formula is C26H24F3N5. The Labute approximate surface area is 194 Å². The molecule has 0 aliphatic carbocycles. The van der Waals surface area contributed by atoms with Crippen molar-refractivity contribution in [3.8, 4) is 11.5 Å². The van der Waals surface area contributed by atoms with E-state index in [-0.39, 0.29) is 5.82 Å². The van der Waals surface area contributed by atoms with Crippen LogP contribution < -0.4 is 0 Å². The molecule has 174 valence electrons. The molecule has 3 heterocycles. The number of aromatic nitrogens is 5. The SMILES string of the molecule is Cc1ccc2c(c1)c1cc(C)ccc1n2CCCCn1nc(C(F)(F)F)nc1-c1ccccn1. The Hall–Kier alpha value is -3.68. The molecule has 0 aliphatic rings. The standard InChI is InChI=1S/C26H24F3N5/c1-17-8-10-22-19(15-17)20-16-18(2)9-11-23(20)33(22)13-5-6-14-34-24(21-7-3-4-12-30-21)31-25(32-34)26(27,28)29/h3-4,7-12,15-16H,5-6,13-14H2,1-2H3. The summed E-state index contributed by atoms with van der Waals surface area (Å²) in [5.41, 5.74) is 5.13. The molecule has 0 amide bonds. The monoisotopic (exact) mass is 463 g/mol. The Kier molecular flexibility index (Phi) is 5.59. The second-order valence-corrected chi connectivity index (χ2v) is 8.59. The topological polar surface area (TPSA) is 48.5 Å². The van der Waals surface area contributed by atoms with Crippen molar-refractivity contribution in [1.82, 2.24) is 24.3 Å². The third-order valence-corrected chi connectivity index (χ3v) is 6.00. The molecule has 0 unspecified atom stereocenters. The fraction of sp³-hybridized carbons (Fsp3) is 0.269. The average molecular weight is 464 g/mol. The molecule has 2 aromatic carbocycles. The second-order valence-electron chi connectivity index (χ2n) is 8.59. The molecule has 5 aromatic rings. The van der Waals surface area contributed by atoms with Crippen LogP contribution in [0.4, 0.5) is 13.2 Å². The van der Waals surface area contributed by atoms with Crippen LogP contribution in [0, 0.1) is 13.8 Å². The molecule has 0 saturated heterocycles. The van der Waals surface area contributed by atoms with Crippen LogP contribution in [0.15, 0.2) is 60.8 Å². The summed E-state index contributed by atoms with van der Waals surface area (Å²) in [5.74, 6) is -1.00. The number of rotatable bonds is 6. The maximum atomic E-state index is 13.3. The minimum absolute atomic E-state index is 0.135. The van der Waals surface area contributed by atoms with Crippen molar-refractivity contribution >= 4 is 21.8 Å². The van der Waals surface area contributed by atoms with E-state index in [1.165, 1.54) is 43.8 Å². The molecule has 0 saturated carbocycles. The molecule has 8 heteroatoms. The van der Waals surface area contributed by atoms with E-state index in [0.717, 1.165) is 13.0 Å². The van der Waals surface area contributed by atoms with Gasteiger partial charge >= 0.3 is 6.18 Å². The van der Waals surface area contributed by atoms with Crippen LogP contribution in [-0.2, 0) is 19.3 Å². The number of alkyl halides is 3. The van der Waals surface area contributed by atoms with Gasteiger partial charge in [0.15, 0.2) is 5.82 Å². The number of unbranched alkanes of at least 4 members (excludes halogenated alkanes) is 1. The van der Waals surface area contributed by atoms with Gasteiger partial charge in [0, 0.05) is 41.1 Å². The highest BCUT2D eigenvalue weighted by Crippen LogP contribution is 2.31. The summed E-state index contributed by atoms with van der Waals surface area (Å²) in [6.45, 7) is 5.26. The minimum atomic E-state index is -4.60. The summed E-state index contributed by atoms with van der Waals surface area (Å²) in [6, 6.07) is 18.0. The lowest BCUT2D eigenvalue weighted by atomic mass is 10.1. The summed E-state index contributed by atoms with van der Waals surface area (Å²) >= 11 is 0. The smallest absolute Gasteiger partial charge is 0.340 e. The average Bonchev–Trinajstić information content (AvgIpc) is 3.37. The molecule has 5 nitrogen and oxygen atoms in total. The van der Waals surface area contributed by atoms with Gasteiger partial charge in [-0.25, -0.2) is 9.67 Å². The van der Waals surface area contributed by atoms with E-state index in [1.54, 1.807) is 18.2 Å². The zero-order valence-corrected chi connectivity index (χ0v) is 19.0. The van der Waals surface area contributed by atoms with Gasteiger partial charge < -0.3 is 4.57 Å². The first-order valence-corrected chi connectivity index (χ1v) is 11.2. The van der Waals surface area contributed by atoms with E-state index >= 15 is 0 Å². The number of fused-ring (bicyclic) bond motifs is 3. The molecule has 0 N–H and O–H groups in total. The van der Waals surface area contributed by atoms with E-state index < -0.39 is 12.0 Å². The van der Waals surface area contributed by atoms with Gasteiger partial charge in [-0.3, -0.25) is 4.98 Å². The molecule has 34 heavy (non-hydrogen) atoms. The first-order chi connectivity index (χ1) is 16.3. The predicted octanol–water partition coefficient (Wildman–Crippen LogP) is 6.56. The van der Waals surface area contributed by atoms with Crippen molar-refractivity contribution in [3.63, 3.8) is 0 Å². The van der Waals surface area contributed by atoms with Crippen LogP contribution in [0.1, 0.15) is 29.8 Å². The summed E-state index contributed by atoms with van der Waals surface area (Å²) in [6.07, 6.45) is -1.63. The van der Waals surface area contributed by atoms with Crippen molar-refractivity contribution < 1.29 is 13.2 Å². The highest BCUT2D eigenvalue weighted by molar-refractivity contribution is 6.08. The summed E-state index contributed by atoms with van der Waals surface area (Å²) in [7, 11) is 0. The van der Waals surface area contributed by atoms with E-state index in [0.29, 0.717) is 18.7 Å². The van der Waals surface area contributed by atoms with E-state index in [4.69, 9.17) is 0 Å². The molecule has 5 rings (SSSR count). The first-order valence-electron chi connectivity index (χ1n) is 11.2. The zero-order valence-electron chi connectivity index (χ0n) is 19.0. The van der Waals surface area contributed by atoms with Crippen LogP contribution in [0.25, 0.3) is 33.3 Å². The van der Waals surface area contributed by atoms with Crippen LogP contribution in [-0.4, -0.2) is 24.3 Å². The third kappa shape index (κ3) is 4.16. The Morgan fingerprint density at radius 1 is 0.824 bits per heavy atom. The van der Waals surface area contributed by atoms with Crippen LogP contribution in [0.2, 0.25) is 0 Å². The van der Waals surface area contributed by atoms with Gasteiger partial charge in [0.25, 0.3) is 5.82 Å². The number of hydrogen-bond acceptors (Lipinski definition) is 3. The van der Waals surface area contributed by atoms with Crippen LogP contribution in [0.5, 0.6) is 0 Å². The maximum absolute atomic E-state index is 13.3. The van der Waals surface area contributed by atoms with Gasteiger partial charge in [0.2, 0.25) is 0 Å². The fourth-order valence-corrected chi connectivity index (χ4v) is 4.41. The van der Waals surface area contributed by atoms with Gasteiger partial charge in [-0.2, -0.15) is 13.2 Å². The van der Waals surface area contributed by atoms with Gasteiger partial charge in [-0.1, -0.05) is 29.3 Å². The lowest BCUT2D eigenvalue weighted by Crippen LogP contribution is -2.09. The highest BCUT2D eigenvalue weighted by Gasteiger charge is 2.37. The summed E-state index contributed by atoms with van der Waals surface area (Å²) in [5, 5.41) is 6.19. The molecule has 0 bridgehead atoms. The molecule has 0 fully saturated rings. The lowest BCUT2D eigenvalue weighted by molar-refractivity contribution is -0.145. The summed E-state index contributed by atoms with van der Waals surface area (Å²) in [4.78, 5) is 7.90. The molecular weight excluding hydrogens is 439 g/mol. The normalized spacial score (nSPS) is 12.1. The Bertz CT molecular complexity index is 1410. The number of aryl methyl sites for hydroxylation is 4. The quantitative estimate of drug-likeness (QED) is 0.268. The fourth-order valence-electron chi connectivity index (χ4n) is 4.41. The van der Waals surface area contributed by atoms with Gasteiger partial charge in [-0.05, 0) is 63.1 Å². The van der Waals surface area contributed by atoms with Crippen molar-refractivity contribution in [2.75, 3.05) is 0 Å². The van der Waals surface area contributed by atoms with Gasteiger partial charge in [0.1, 0.15) is 5.69 Å². The van der Waals surface area contributed by atoms with Crippen molar-refractivity contribution in [2.24, 2.45) is 0 Å². The number of nitrogens with zero attached hydrogens (tertiary/aromatic N) is 5. The maximum Gasteiger partial charge on any atom is 0.453 e. The second kappa shape index (κ2) is 8.59. The highest BCUT2D eigenvalue weighted by atomic mass is 19.4. The summed E-state index contributed by atoms with van der Waals surface area (Å²) < 4.78 is 43.4. The molecule has 3 aromatic heterocycles. The number of pyridine rings is 1. The minimum Gasteiger partial charge on any atom is -0.340 e.